The molecule has 4 rings (SSSR count). The number of hydrogen-bond acceptors (Lipinski definition) is 4. The van der Waals surface area contributed by atoms with Gasteiger partial charge in [-0.3, -0.25) is 4.79 Å². The van der Waals surface area contributed by atoms with Gasteiger partial charge in [0.15, 0.2) is 0 Å². The summed E-state index contributed by atoms with van der Waals surface area (Å²) >= 11 is 0. The Hall–Kier alpha value is -4.06. The first-order valence-electron chi connectivity index (χ1n) is 10.3. The fourth-order valence-electron chi connectivity index (χ4n) is 3.52. The molecule has 6 nitrogen and oxygen atoms in total. The number of hydrogen-bond donors (Lipinski definition) is 1. The first-order chi connectivity index (χ1) is 15.5. The second-order valence-electron chi connectivity index (χ2n) is 7.44. The molecule has 0 saturated carbocycles. The maximum atomic E-state index is 13.4. The molecule has 1 amide bonds. The quantitative estimate of drug-likeness (QED) is 0.446. The smallest absolute Gasteiger partial charge is 0.259 e. The van der Waals surface area contributed by atoms with Crippen LogP contribution in [0.15, 0.2) is 72.9 Å². The van der Waals surface area contributed by atoms with Crippen LogP contribution in [-0.2, 0) is 0 Å². The van der Waals surface area contributed by atoms with Crippen LogP contribution in [0.1, 0.15) is 21.5 Å². The highest BCUT2D eigenvalue weighted by Crippen LogP contribution is 2.35. The second kappa shape index (κ2) is 8.98. The highest BCUT2D eigenvalue weighted by molar-refractivity contribution is 6.08. The molecule has 0 atom stereocenters. The minimum absolute atomic E-state index is 0.242. The van der Waals surface area contributed by atoms with Gasteiger partial charge in [-0.2, -0.15) is 5.10 Å². The van der Waals surface area contributed by atoms with E-state index in [1.807, 2.05) is 74.5 Å². The van der Waals surface area contributed by atoms with E-state index in [2.05, 4.69) is 5.32 Å². The minimum Gasteiger partial charge on any atom is -0.497 e. The van der Waals surface area contributed by atoms with Crippen molar-refractivity contribution in [3.63, 3.8) is 0 Å². The molecule has 0 radical (unpaired) electrons. The van der Waals surface area contributed by atoms with Gasteiger partial charge in [0, 0.05) is 23.5 Å². The van der Waals surface area contributed by atoms with Crippen molar-refractivity contribution in [1.82, 2.24) is 9.78 Å². The number of aromatic nitrogens is 2. The SMILES string of the molecule is COc1ccc(-c2nn(-c3ccccc3)cc2C(=O)Nc2cccc(C)c2C)c(OC)c1. The molecular formula is C26H25N3O3. The predicted octanol–water partition coefficient (Wildman–Crippen LogP) is 5.43. The van der Waals surface area contributed by atoms with Crippen LogP contribution in [0.5, 0.6) is 11.5 Å². The van der Waals surface area contributed by atoms with Gasteiger partial charge in [-0.1, -0.05) is 30.3 Å². The lowest BCUT2D eigenvalue weighted by atomic mass is 10.0. The summed E-state index contributed by atoms with van der Waals surface area (Å²) in [5.41, 5.74) is 5.44. The van der Waals surface area contributed by atoms with E-state index >= 15 is 0 Å². The molecule has 0 saturated heterocycles. The first-order valence-corrected chi connectivity index (χ1v) is 10.3. The van der Waals surface area contributed by atoms with E-state index in [-0.39, 0.29) is 5.91 Å². The van der Waals surface area contributed by atoms with E-state index in [0.717, 1.165) is 22.5 Å². The highest BCUT2D eigenvalue weighted by atomic mass is 16.5. The Bertz CT molecular complexity index is 1260. The monoisotopic (exact) mass is 427 g/mol. The summed E-state index contributed by atoms with van der Waals surface area (Å²) in [6.45, 7) is 4.01. The number of nitrogens with one attached hydrogen (secondary N) is 1. The maximum Gasteiger partial charge on any atom is 0.259 e. The number of nitrogens with zero attached hydrogens (tertiary/aromatic N) is 2. The number of methoxy groups -OCH3 is 2. The fraction of sp³-hybridized carbons (Fsp3) is 0.154. The molecule has 0 spiro atoms. The van der Waals surface area contributed by atoms with Crippen molar-refractivity contribution in [2.75, 3.05) is 19.5 Å². The van der Waals surface area contributed by atoms with E-state index in [1.165, 1.54) is 0 Å². The van der Waals surface area contributed by atoms with Crippen molar-refractivity contribution in [2.45, 2.75) is 13.8 Å². The van der Waals surface area contributed by atoms with Gasteiger partial charge in [0.05, 0.1) is 25.5 Å². The van der Waals surface area contributed by atoms with E-state index in [9.17, 15) is 4.79 Å². The van der Waals surface area contributed by atoms with Crippen molar-refractivity contribution in [1.29, 1.82) is 0 Å². The number of para-hydroxylation sites is 1. The van der Waals surface area contributed by atoms with Crippen LogP contribution in [0.2, 0.25) is 0 Å². The number of aryl methyl sites for hydroxylation is 1. The Morgan fingerprint density at radius 3 is 2.44 bits per heavy atom. The van der Waals surface area contributed by atoms with Gasteiger partial charge in [-0.25, -0.2) is 4.68 Å². The summed E-state index contributed by atoms with van der Waals surface area (Å²) in [7, 11) is 3.18. The minimum atomic E-state index is -0.242. The summed E-state index contributed by atoms with van der Waals surface area (Å²) in [5.74, 6) is 0.992. The Labute approximate surface area is 187 Å². The van der Waals surface area contributed by atoms with Crippen LogP contribution in [0, 0.1) is 13.8 Å². The molecule has 4 aromatic rings. The molecule has 0 aliphatic heterocycles. The Balaban J connectivity index is 1.83. The first kappa shape index (κ1) is 21.2. The lowest BCUT2D eigenvalue weighted by Crippen LogP contribution is -2.13. The van der Waals surface area contributed by atoms with Crippen molar-refractivity contribution >= 4 is 11.6 Å². The summed E-state index contributed by atoms with van der Waals surface area (Å²) in [5, 5.41) is 7.80. The van der Waals surface area contributed by atoms with Crippen LogP contribution in [0.4, 0.5) is 5.69 Å². The van der Waals surface area contributed by atoms with Crippen LogP contribution in [-0.4, -0.2) is 29.9 Å². The van der Waals surface area contributed by atoms with Crippen LogP contribution < -0.4 is 14.8 Å². The Morgan fingerprint density at radius 2 is 1.72 bits per heavy atom. The van der Waals surface area contributed by atoms with E-state index in [4.69, 9.17) is 14.6 Å². The zero-order chi connectivity index (χ0) is 22.7. The average molecular weight is 428 g/mol. The molecular weight excluding hydrogens is 402 g/mol. The molecule has 6 heteroatoms. The fourth-order valence-corrected chi connectivity index (χ4v) is 3.52. The second-order valence-corrected chi connectivity index (χ2v) is 7.44. The van der Waals surface area contributed by atoms with E-state index in [1.54, 1.807) is 31.2 Å². The summed E-state index contributed by atoms with van der Waals surface area (Å²) < 4.78 is 12.6. The van der Waals surface area contributed by atoms with Crippen molar-refractivity contribution in [3.8, 4) is 28.4 Å². The summed E-state index contributed by atoms with van der Waals surface area (Å²) in [6, 6.07) is 21.0. The molecule has 0 bridgehead atoms. The number of carbonyl (C=O) groups excluding carboxylic acids is 1. The van der Waals surface area contributed by atoms with Gasteiger partial charge in [0.25, 0.3) is 5.91 Å². The number of carbonyl (C=O) groups is 1. The lowest BCUT2D eigenvalue weighted by Gasteiger charge is -2.12. The number of anilines is 1. The largest absolute Gasteiger partial charge is 0.497 e. The molecule has 0 fully saturated rings. The van der Waals surface area contributed by atoms with Gasteiger partial charge in [0.1, 0.15) is 17.2 Å². The van der Waals surface area contributed by atoms with E-state index in [0.29, 0.717) is 28.3 Å². The number of amides is 1. The molecule has 1 N–H and O–H groups in total. The normalized spacial score (nSPS) is 10.6. The van der Waals surface area contributed by atoms with E-state index < -0.39 is 0 Å². The molecule has 162 valence electrons. The predicted molar refractivity (Wildman–Crippen MR) is 126 cm³/mol. The molecule has 32 heavy (non-hydrogen) atoms. The topological polar surface area (TPSA) is 65.4 Å². The third-order valence-corrected chi connectivity index (χ3v) is 5.50. The molecule has 0 aliphatic carbocycles. The third-order valence-electron chi connectivity index (χ3n) is 5.50. The van der Waals surface area contributed by atoms with Gasteiger partial charge < -0.3 is 14.8 Å². The average Bonchev–Trinajstić information content (AvgIpc) is 3.27. The zero-order valence-electron chi connectivity index (χ0n) is 18.5. The molecule has 0 unspecified atom stereocenters. The van der Waals surface area contributed by atoms with Gasteiger partial charge in [-0.05, 0) is 55.3 Å². The molecule has 3 aromatic carbocycles. The number of ether oxygens (including phenoxy) is 2. The zero-order valence-corrected chi connectivity index (χ0v) is 18.5. The van der Waals surface area contributed by atoms with Crippen molar-refractivity contribution in [2.24, 2.45) is 0 Å². The Kier molecular flexibility index (Phi) is 5.94. The van der Waals surface area contributed by atoms with Gasteiger partial charge in [0.2, 0.25) is 0 Å². The van der Waals surface area contributed by atoms with Crippen LogP contribution >= 0.6 is 0 Å². The van der Waals surface area contributed by atoms with Gasteiger partial charge >= 0.3 is 0 Å². The molecule has 0 aliphatic rings. The highest BCUT2D eigenvalue weighted by Gasteiger charge is 2.22. The van der Waals surface area contributed by atoms with Crippen LogP contribution in [0.25, 0.3) is 16.9 Å². The van der Waals surface area contributed by atoms with Crippen molar-refractivity contribution in [3.05, 3.63) is 89.6 Å². The maximum absolute atomic E-state index is 13.4. The van der Waals surface area contributed by atoms with Crippen LogP contribution in [0.3, 0.4) is 0 Å². The third kappa shape index (κ3) is 4.07. The molecule has 1 heterocycles. The molecule has 1 aromatic heterocycles. The summed E-state index contributed by atoms with van der Waals surface area (Å²) in [4.78, 5) is 13.4. The lowest BCUT2D eigenvalue weighted by molar-refractivity contribution is 0.102. The Morgan fingerprint density at radius 1 is 0.938 bits per heavy atom. The van der Waals surface area contributed by atoms with Gasteiger partial charge in [-0.15, -0.1) is 0 Å². The van der Waals surface area contributed by atoms with Crippen molar-refractivity contribution < 1.29 is 14.3 Å². The standard InChI is InChI=1S/C26H25N3O3/c1-17-9-8-12-23(18(17)2)27-26(30)22-16-29(19-10-6-5-7-11-19)28-25(22)21-14-13-20(31-3)15-24(21)32-4/h5-16H,1-4H3,(H,27,30). The number of rotatable bonds is 6. The summed E-state index contributed by atoms with van der Waals surface area (Å²) in [6.07, 6.45) is 1.74. The number of benzene rings is 3.